The average Bonchev–Trinajstić information content (AvgIpc) is 2.31. The van der Waals surface area contributed by atoms with Gasteiger partial charge < -0.3 is 5.73 Å². The maximum atomic E-state index is 12.4. The van der Waals surface area contributed by atoms with E-state index in [1.54, 1.807) is 13.0 Å². The van der Waals surface area contributed by atoms with E-state index in [0.29, 0.717) is 10.3 Å². The van der Waals surface area contributed by atoms with E-state index >= 15 is 0 Å². The summed E-state index contributed by atoms with van der Waals surface area (Å²) in [6.07, 6.45) is 1.38. The smallest absolute Gasteiger partial charge is 0.265 e. The van der Waals surface area contributed by atoms with Gasteiger partial charge in [0.1, 0.15) is 9.50 Å². The fourth-order valence-electron chi connectivity index (χ4n) is 1.68. The second-order valence-corrected chi connectivity index (χ2v) is 7.46. The topological polar surface area (TPSA) is 85.1 Å². The van der Waals surface area contributed by atoms with Gasteiger partial charge in [-0.2, -0.15) is 0 Å². The number of nitrogens with one attached hydrogen (secondary N) is 1. The minimum Gasteiger partial charge on any atom is -0.398 e. The normalized spacial score (nSPS) is 11.4. The van der Waals surface area contributed by atoms with Gasteiger partial charge in [-0.05, 0) is 46.6 Å². The van der Waals surface area contributed by atoms with E-state index in [1.165, 1.54) is 18.3 Å². The van der Waals surface area contributed by atoms with Gasteiger partial charge in [-0.1, -0.05) is 23.2 Å². The van der Waals surface area contributed by atoms with Crippen LogP contribution in [0.25, 0.3) is 0 Å². The predicted molar refractivity (Wildman–Crippen MR) is 88.4 cm³/mol. The van der Waals surface area contributed by atoms with Crippen LogP contribution in [-0.2, 0) is 10.0 Å². The minimum atomic E-state index is -3.94. The molecule has 2 aromatic rings. The number of pyridine rings is 1. The van der Waals surface area contributed by atoms with Crippen molar-refractivity contribution in [1.82, 2.24) is 4.98 Å². The molecule has 0 aliphatic rings. The van der Waals surface area contributed by atoms with Gasteiger partial charge in [0, 0.05) is 5.02 Å². The van der Waals surface area contributed by atoms with Crippen molar-refractivity contribution in [3.63, 3.8) is 0 Å². The van der Waals surface area contributed by atoms with E-state index < -0.39 is 10.0 Å². The summed E-state index contributed by atoms with van der Waals surface area (Å²) in [4.78, 5) is 3.81. The van der Waals surface area contributed by atoms with Gasteiger partial charge in [0.2, 0.25) is 0 Å². The van der Waals surface area contributed by atoms with Crippen molar-refractivity contribution in [3.05, 3.63) is 44.6 Å². The van der Waals surface area contributed by atoms with Crippen molar-refractivity contribution < 1.29 is 8.42 Å². The molecule has 0 saturated carbocycles. The van der Waals surface area contributed by atoms with Crippen LogP contribution >= 0.6 is 39.1 Å². The van der Waals surface area contributed by atoms with E-state index in [0.717, 1.165) is 5.56 Å². The van der Waals surface area contributed by atoms with Crippen LogP contribution in [0.15, 0.2) is 33.9 Å². The maximum absolute atomic E-state index is 12.4. The summed E-state index contributed by atoms with van der Waals surface area (Å²) in [5, 5.41) is 0.215. The highest BCUT2D eigenvalue weighted by molar-refractivity contribution is 9.10. The number of rotatable bonds is 3. The number of benzene rings is 1. The monoisotopic (exact) mass is 409 g/mol. The Morgan fingerprint density at radius 1 is 1.29 bits per heavy atom. The zero-order chi connectivity index (χ0) is 15.8. The Bertz CT molecular complexity index is 789. The van der Waals surface area contributed by atoms with Crippen LogP contribution in [0.5, 0.6) is 0 Å². The van der Waals surface area contributed by atoms with Gasteiger partial charge in [0.05, 0.1) is 22.6 Å². The van der Waals surface area contributed by atoms with Crippen molar-refractivity contribution in [1.29, 1.82) is 0 Å². The van der Waals surface area contributed by atoms with E-state index in [1.807, 2.05) is 0 Å². The molecule has 0 atom stereocenters. The number of nitrogens with two attached hydrogens (primary N) is 1. The molecule has 3 N–H and O–H groups in total. The second kappa shape index (κ2) is 6.00. The van der Waals surface area contributed by atoms with Crippen molar-refractivity contribution in [2.24, 2.45) is 0 Å². The first-order valence-corrected chi connectivity index (χ1v) is 8.63. The highest BCUT2D eigenvalue weighted by atomic mass is 79.9. The van der Waals surface area contributed by atoms with Gasteiger partial charge in [-0.25, -0.2) is 13.4 Å². The third-order valence-corrected chi connectivity index (χ3v) is 5.53. The number of nitrogens with zero attached hydrogens (tertiary/aromatic N) is 1. The molecule has 0 spiro atoms. The third-order valence-electron chi connectivity index (χ3n) is 2.57. The summed E-state index contributed by atoms with van der Waals surface area (Å²) in [7, 11) is -3.94. The fraction of sp³-hybridized carbons (Fsp3) is 0.0833. The van der Waals surface area contributed by atoms with Crippen molar-refractivity contribution in [3.8, 4) is 0 Å². The summed E-state index contributed by atoms with van der Waals surface area (Å²) in [5.74, 6) is 0. The molecule has 0 amide bonds. The molecular formula is C12H10BrCl2N3O2S. The Balaban J connectivity index is 2.46. The Labute approximate surface area is 140 Å². The van der Waals surface area contributed by atoms with Crippen LogP contribution in [0.1, 0.15) is 5.56 Å². The molecule has 0 bridgehead atoms. The molecule has 2 rings (SSSR count). The highest BCUT2D eigenvalue weighted by Gasteiger charge is 2.22. The number of hydrogen-bond acceptors (Lipinski definition) is 4. The zero-order valence-corrected chi connectivity index (χ0v) is 14.6. The standard InChI is InChI=1S/C12H10BrCl2N3O2S/c1-6-2-8(5-17-12(6)13)18-21(19,20)11-9(15)3-7(14)4-10(11)16/h2-5,18H,16H2,1H3. The number of aryl methyl sites for hydroxylation is 1. The zero-order valence-electron chi connectivity index (χ0n) is 10.7. The van der Waals surface area contributed by atoms with Gasteiger partial charge in [-0.3, -0.25) is 4.72 Å². The quantitative estimate of drug-likeness (QED) is 0.594. The SMILES string of the molecule is Cc1cc(NS(=O)(=O)c2c(N)cc(Cl)cc2Cl)cnc1Br. The maximum Gasteiger partial charge on any atom is 0.265 e. The first-order valence-electron chi connectivity index (χ1n) is 5.60. The van der Waals surface area contributed by atoms with E-state index in [-0.39, 0.29) is 20.6 Å². The number of hydrogen-bond donors (Lipinski definition) is 2. The van der Waals surface area contributed by atoms with E-state index in [9.17, 15) is 8.42 Å². The molecule has 21 heavy (non-hydrogen) atoms. The summed E-state index contributed by atoms with van der Waals surface area (Å²) < 4.78 is 27.8. The third kappa shape index (κ3) is 3.60. The largest absolute Gasteiger partial charge is 0.398 e. The lowest BCUT2D eigenvalue weighted by molar-refractivity contribution is 0.601. The van der Waals surface area contributed by atoms with Crippen molar-refractivity contribution in [2.75, 3.05) is 10.5 Å². The first kappa shape index (κ1) is 16.4. The molecule has 0 aliphatic carbocycles. The molecule has 9 heteroatoms. The summed E-state index contributed by atoms with van der Waals surface area (Å²) in [6, 6.07) is 4.28. The Morgan fingerprint density at radius 2 is 1.95 bits per heavy atom. The molecule has 1 heterocycles. The second-order valence-electron chi connectivity index (χ2n) is 4.24. The van der Waals surface area contributed by atoms with Crippen molar-refractivity contribution in [2.45, 2.75) is 11.8 Å². The molecule has 1 aromatic carbocycles. The summed E-state index contributed by atoms with van der Waals surface area (Å²) in [5.41, 5.74) is 6.77. The molecule has 1 aromatic heterocycles. The van der Waals surface area contributed by atoms with Crippen LogP contribution in [0, 0.1) is 6.92 Å². The molecule has 112 valence electrons. The van der Waals surface area contributed by atoms with Crippen LogP contribution in [0.2, 0.25) is 10.0 Å². The van der Waals surface area contributed by atoms with Gasteiger partial charge in [0.25, 0.3) is 10.0 Å². The van der Waals surface area contributed by atoms with Crippen LogP contribution in [0.3, 0.4) is 0 Å². The minimum absolute atomic E-state index is 0.0261. The summed E-state index contributed by atoms with van der Waals surface area (Å²) in [6.45, 7) is 1.79. The molecule has 0 aliphatic heterocycles. The number of anilines is 2. The number of halogens is 3. The van der Waals surface area contributed by atoms with Crippen LogP contribution < -0.4 is 10.5 Å². The van der Waals surface area contributed by atoms with Crippen LogP contribution in [0.4, 0.5) is 11.4 Å². The van der Waals surface area contributed by atoms with Gasteiger partial charge in [0.15, 0.2) is 0 Å². The van der Waals surface area contributed by atoms with Crippen LogP contribution in [-0.4, -0.2) is 13.4 Å². The average molecular weight is 411 g/mol. The number of aromatic nitrogens is 1. The Hall–Kier alpha value is -1.02. The van der Waals surface area contributed by atoms with E-state index in [2.05, 4.69) is 25.6 Å². The van der Waals surface area contributed by atoms with Crippen molar-refractivity contribution >= 4 is 60.5 Å². The Morgan fingerprint density at radius 3 is 2.52 bits per heavy atom. The lowest BCUT2D eigenvalue weighted by Crippen LogP contribution is -2.15. The fourth-order valence-corrected chi connectivity index (χ4v) is 3.92. The Kier molecular flexibility index (Phi) is 4.67. The number of sulfonamides is 1. The van der Waals surface area contributed by atoms with Gasteiger partial charge >= 0.3 is 0 Å². The lowest BCUT2D eigenvalue weighted by atomic mass is 10.3. The molecule has 0 radical (unpaired) electrons. The molecular weight excluding hydrogens is 401 g/mol. The summed E-state index contributed by atoms with van der Waals surface area (Å²) >= 11 is 15.0. The molecule has 0 unspecified atom stereocenters. The lowest BCUT2D eigenvalue weighted by Gasteiger charge is -2.12. The number of nitrogen functional groups attached to an aromatic ring is 1. The molecule has 0 fully saturated rings. The first-order chi connectivity index (χ1) is 9.70. The highest BCUT2D eigenvalue weighted by Crippen LogP contribution is 2.32. The molecule has 0 saturated heterocycles. The van der Waals surface area contributed by atoms with Gasteiger partial charge in [-0.15, -0.1) is 0 Å². The molecule has 5 nitrogen and oxygen atoms in total. The predicted octanol–water partition coefficient (Wildman–Crippen LogP) is 3.84. The van der Waals surface area contributed by atoms with E-state index in [4.69, 9.17) is 28.9 Å².